The third-order valence-corrected chi connectivity index (χ3v) is 1.29. The average Bonchev–Trinajstić information content (AvgIpc) is 2.03. The van der Waals surface area contributed by atoms with Crippen LogP contribution in [0.1, 0.15) is 0 Å². The standard InChI is InChI=1S/C5H3F7O2/c6-1-3(7,8)5(11,12)4(9,10)2(13)14/h1H2,(H,13,14). The van der Waals surface area contributed by atoms with Crippen LogP contribution in [-0.4, -0.2) is 35.5 Å². The third kappa shape index (κ3) is 1.62. The molecular formula is C5H3F7O2. The van der Waals surface area contributed by atoms with Gasteiger partial charge in [0.2, 0.25) is 0 Å². The Hall–Kier alpha value is -1.02. The summed E-state index contributed by atoms with van der Waals surface area (Å²) in [6, 6.07) is 0. The maximum Gasteiger partial charge on any atom is 0.410 e. The molecule has 0 unspecified atom stereocenters. The maximum atomic E-state index is 12.1. The number of carboxylic acids is 1. The van der Waals surface area contributed by atoms with Crippen LogP contribution in [-0.2, 0) is 4.79 Å². The SMILES string of the molecule is O=C(O)C(F)(F)C(F)(F)C(F)(F)CF. The van der Waals surface area contributed by atoms with E-state index in [-0.39, 0.29) is 0 Å². The second kappa shape index (κ2) is 3.28. The largest absolute Gasteiger partial charge is 0.477 e. The minimum absolute atomic E-state index is 3.08. The average molecular weight is 228 g/mol. The Bertz CT molecular complexity index is 236. The number of rotatable bonds is 4. The monoisotopic (exact) mass is 228 g/mol. The van der Waals surface area contributed by atoms with Crippen LogP contribution in [0.15, 0.2) is 0 Å². The van der Waals surface area contributed by atoms with Crippen LogP contribution in [0.2, 0.25) is 0 Å². The van der Waals surface area contributed by atoms with Crippen LogP contribution >= 0.6 is 0 Å². The van der Waals surface area contributed by atoms with Gasteiger partial charge in [0.1, 0.15) is 0 Å². The molecule has 0 spiro atoms. The van der Waals surface area contributed by atoms with Crippen LogP contribution in [0.25, 0.3) is 0 Å². The summed E-state index contributed by atoms with van der Waals surface area (Å²) in [5.74, 6) is -21.5. The van der Waals surface area contributed by atoms with Crippen molar-refractivity contribution in [2.24, 2.45) is 0 Å². The van der Waals surface area contributed by atoms with Crippen molar-refractivity contribution >= 4 is 5.97 Å². The van der Waals surface area contributed by atoms with E-state index in [1.165, 1.54) is 0 Å². The number of aliphatic carboxylic acids is 1. The van der Waals surface area contributed by atoms with E-state index in [9.17, 15) is 35.5 Å². The van der Waals surface area contributed by atoms with Gasteiger partial charge in [-0.1, -0.05) is 0 Å². The molecule has 2 nitrogen and oxygen atoms in total. The zero-order chi connectivity index (χ0) is 11.8. The lowest BCUT2D eigenvalue weighted by Gasteiger charge is -2.28. The van der Waals surface area contributed by atoms with Crippen molar-refractivity contribution < 1.29 is 40.6 Å². The third-order valence-electron chi connectivity index (χ3n) is 1.29. The first-order valence-electron chi connectivity index (χ1n) is 2.93. The van der Waals surface area contributed by atoms with Crippen LogP contribution in [0.4, 0.5) is 30.7 Å². The minimum atomic E-state index is -6.28. The molecule has 0 saturated heterocycles. The number of alkyl halides is 7. The molecular weight excluding hydrogens is 225 g/mol. The summed E-state index contributed by atoms with van der Waals surface area (Å²) < 4.78 is 83.4. The van der Waals surface area contributed by atoms with E-state index < -0.39 is 30.4 Å². The van der Waals surface area contributed by atoms with Gasteiger partial charge in [0.15, 0.2) is 6.67 Å². The Balaban J connectivity index is 5.24. The first-order valence-corrected chi connectivity index (χ1v) is 2.93. The highest BCUT2D eigenvalue weighted by molar-refractivity contribution is 5.77. The normalized spacial score (nSPS) is 14.2. The first-order chi connectivity index (χ1) is 6.00. The van der Waals surface area contributed by atoms with Crippen molar-refractivity contribution in [2.45, 2.75) is 17.8 Å². The highest BCUT2D eigenvalue weighted by Crippen LogP contribution is 2.45. The van der Waals surface area contributed by atoms with Crippen molar-refractivity contribution in [1.82, 2.24) is 0 Å². The van der Waals surface area contributed by atoms with E-state index in [1.807, 2.05) is 0 Å². The fourth-order valence-corrected chi connectivity index (χ4v) is 0.448. The molecule has 0 rings (SSSR count). The molecule has 0 aliphatic rings. The summed E-state index contributed by atoms with van der Waals surface area (Å²) in [5.41, 5.74) is 0. The van der Waals surface area contributed by atoms with E-state index in [0.29, 0.717) is 0 Å². The predicted molar refractivity (Wildman–Crippen MR) is 28.5 cm³/mol. The molecule has 0 aromatic heterocycles. The fraction of sp³-hybridized carbons (Fsp3) is 0.800. The van der Waals surface area contributed by atoms with Gasteiger partial charge < -0.3 is 5.11 Å². The number of carboxylic acid groups (broad SMARTS) is 1. The molecule has 0 saturated carbocycles. The van der Waals surface area contributed by atoms with Gasteiger partial charge in [-0.3, -0.25) is 0 Å². The molecule has 14 heavy (non-hydrogen) atoms. The second-order valence-corrected chi connectivity index (χ2v) is 2.29. The number of hydrogen-bond acceptors (Lipinski definition) is 1. The topological polar surface area (TPSA) is 37.3 Å². The Morgan fingerprint density at radius 3 is 1.64 bits per heavy atom. The summed E-state index contributed by atoms with van der Waals surface area (Å²) in [5, 5.41) is 7.55. The zero-order valence-electron chi connectivity index (χ0n) is 6.21. The molecule has 0 aliphatic heterocycles. The van der Waals surface area contributed by atoms with Gasteiger partial charge in [0, 0.05) is 0 Å². The summed E-state index contributed by atoms with van der Waals surface area (Å²) in [7, 11) is 0. The summed E-state index contributed by atoms with van der Waals surface area (Å²) in [6.45, 7) is -3.08. The molecule has 0 aliphatic carbocycles. The van der Waals surface area contributed by atoms with Gasteiger partial charge in [-0.25, -0.2) is 9.18 Å². The summed E-state index contributed by atoms with van der Waals surface area (Å²) in [4.78, 5) is 9.54. The van der Waals surface area contributed by atoms with Crippen LogP contribution < -0.4 is 0 Å². The Labute approximate surface area is 72.3 Å². The first kappa shape index (κ1) is 13.0. The second-order valence-electron chi connectivity index (χ2n) is 2.29. The van der Waals surface area contributed by atoms with E-state index in [2.05, 4.69) is 0 Å². The predicted octanol–water partition coefficient (Wildman–Crippen LogP) is 1.95. The van der Waals surface area contributed by atoms with Crippen molar-refractivity contribution in [2.75, 3.05) is 6.67 Å². The quantitative estimate of drug-likeness (QED) is 0.746. The zero-order valence-corrected chi connectivity index (χ0v) is 6.21. The maximum absolute atomic E-state index is 12.1. The minimum Gasteiger partial charge on any atom is -0.477 e. The molecule has 0 aromatic rings. The van der Waals surface area contributed by atoms with E-state index in [0.717, 1.165) is 0 Å². The van der Waals surface area contributed by atoms with Crippen molar-refractivity contribution in [1.29, 1.82) is 0 Å². The summed E-state index contributed by atoms with van der Waals surface area (Å²) in [6.07, 6.45) is 0. The van der Waals surface area contributed by atoms with Crippen LogP contribution in [0, 0.1) is 0 Å². The van der Waals surface area contributed by atoms with Gasteiger partial charge in [-0.2, -0.15) is 26.3 Å². The van der Waals surface area contributed by atoms with Crippen molar-refractivity contribution in [3.63, 3.8) is 0 Å². The lowest BCUT2D eigenvalue weighted by Crippen LogP contribution is -2.58. The number of carbonyl (C=O) groups is 1. The molecule has 1 N–H and O–H groups in total. The van der Waals surface area contributed by atoms with Crippen molar-refractivity contribution in [3.8, 4) is 0 Å². The molecule has 0 radical (unpaired) electrons. The lowest BCUT2D eigenvalue weighted by atomic mass is 10.1. The number of hydrogen-bond donors (Lipinski definition) is 1. The molecule has 0 amide bonds. The van der Waals surface area contributed by atoms with Gasteiger partial charge in [0.25, 0.3) is 0 Å². The van der Waals surface area contributed by atoms with Crippen molar-refractivity contribution in [3.05, 3.63) is 0 Å². The highest BCUT2D eigenvalue weighted by atomic mass is 19.3. The molecule has 84 valence electrons. The van der Waals surface area contributed by atoms with Crippen LogP contribution in [0.5, 0.6) is 0 Å². The smallest absolute Gasteiger partial charge is 0.410 e. The van der Waals surface area contributed by atoms with Gasteiger partial charge in [0.05, 0.1) is 0 Å². The Kier molecular flexibility index (Phi) is 3.04. The van der Waals surface area contributed by atoms with Gasteiger partial charge in [-0.15, -0.1) is 0 Å². The fourth-order valence-electron chi connectivity index (χ4n) is 0.448. The number of halogens is 7. The molecule has 9 heteroatoms. The van der Waals surface area contributed by atoms with Gasteiger partial charge in [-0.05, 0) is 0 Å². The van der Waals surface area contributed by atoms with E-state index in [4.69, 9.17) is 5.11 Å². The van der Waals surface area contributed by atoms with Crippen LogP contribution in [0.3, 0.4) is 0 Å². The summed E-state index contributed by atoms with van der Waals surface area (Å²) >= 11 is 0. The highest BCUT2D eigenvalue weighted by Gasteiger charge is 2.75. The van der Waals surface area contributed by atoms with E-state index >= 15 is 0 Å². The molecule has 0 heterocycles. The Morgan fingerprint density at radius 2 is 1.43 bits per heavy atom. The van der Waals surface area contributed by atoms with E-state index in [1.54, 1.807) is 0 Å². The Morgan fingerprint density at radius 1 is 1.07 bits per heavy atom. The molecule has 0 bridgehead atoms. The molecule has 0 aromatic carbocycles. The lowest BCUT2D eigenvalue weighted by molar-refractivity contribution is -0.305. The van der Waals surface area contributed by atoms with Gasteiger partial charge >= 0.3 is 23.7 Å². The molecule has 0 fully saturated rings. The molecule has 0 atom stereocenters.